The molecule has 0 saturated carbocycles. The molecule has 0 aliphatic heterocycles. The topological polar surface area (TPSA) is 114 Å². The molecule has 0 spiro atoms. The van der Waals surface area contributed by atoms with Crippen molar-refractivity contribution in [2.45, 2.75) is 19.9 Å². The van der Waals surface area contributed by atoms with Crippen LogP contribution in [0.15, 0.2) is 53.3 Å². The summed E-state index contributed by atoms with van der Waals surface area (Å²) in [5.74, 6) is -0.313. The predicted molar refractivity (Wildman–Crippen MR) is 116 cm³/mol. The highest BCUT2D eigenvalue weighted by Crippen LogP contribution is 2.25. The first kappa shape index (κ1) is 22.0. The molecule has 0 unspecified atom stereocenters. The summed E-state index contributed by atoms with van der Waals surface area (Å²) >= 11 is 0. The van der Waals surface area contributed by atoms with Gasteiger partial charge in [-0.25, -0.2) is 4.79 Å². The quantitative estimate of drug-likeness (QED) is 0.326. The number of amidine groups is 1. The van der Waals surface area contributed by atoms with Gasteiger partial charge in [-0.1, -0.05) is 48.5 Å². The van der Waals surface area contributed by atoms with Crippen LogP contribution in [-0.2, 0) is 16.1 Å². The van der Waals surface area contributed by atoms with Crippen molar-refractivity contribution in [1.82, 2.24) is 9.55 Å². The van der Waals surface area contributed by atoms with Gasteiger partial charge in [-0.2, -0.15) is 0 Å². The number of H-pyrrole nitrogens is 1. The summed E-state index contributed by atoms with van der Waals surface area (Å²) < 4.78 is 6.18. The number of ether oxygens (including phenoxy) is 1. The second-order valence-corrected chi connectivity index (χ2v) is 6.44. The lowest BCUT2D eigenvalue weighted by Crippen LogP contribution is -2.20. The first-order valence-corrected chi connectivity index (χ1v) is 8.82. The molecule has 3 rings (SSSR count). The fourth-order valence-corrected chi connectivity index (χ4v) is 3.08. The number of hydrogen-bond donors (Lipinski definition) is 3. The van der Waals surface area contributed by atoms with Crippen molar-refractivity contribution in [3.63, 3.8) is 0 Å². The maximum atomic E-state index is 12.2. The van der Waals surface area contributed by atoms with E-state index in [1.54, 1.807) is 4.57 Å². The van der Waals surface area contributed by atoms with Gasteiger partial charge in [-0.3, -0.25) is 14.8 Å². The molecule has 0 bridgehead atoms. The molecule has 0 amide bonds. The summed E-state index contributed by atoms with van der Waals surface area (Å²) in [6.45, 7) is 2.12. The van der Waals surface area contributed by atoms with Crippen molar-refractivity contribution >= 4 is 24.2 Å². The van der Waals surface area contributed by atoms with E-state index in [0.717, 1.165) is 28.1 Å². The zero-order chi connectivity index (χ0) is 20.3. The number of nitrogens with zero attached hydrogens (tertiary/aromatic N) is 1. The lowest BCUT2D eigenvalue weighted by atomic mass is 10.0. The highest BCUT2D eigenvalue weighted by Gasteiger charge is 2.13. The number of aromatic nitrogens is 2. The summed E-state index contributed by atoms with van der Waals surface area (Å²) in [6.07, 6.45) is 0.143. The third-order valence-electron chi connectivity index (χ3n) is 4.71. The molecule has 2 aromatic carbocycles. The lowest BCUT2D eigenvalue weighted by molar-refractivity contribution is -0.140. The number of esters is 1. The van der Waals surface area contributed by atoms with Gasteiger partial charge in [0.1, 0.15) is 5.84 Å². The van der Waals surface area contributed by atoms with Gasteiger partial charge in [0.2, 0.25) is 0 Å². The predicted octanol–water partition coefficient (Wildman–Crippen LogP) is 3.09. The molecule has 4 N–H and O–H groups in total. The molecule has 0 saturated heterocycles. The standard InChI is InChI=1S/C21H22N4O3.ClH/c1-13-19(24-21(27)25(13)12-11-18(26)28-2)16-7-3-14(4-8-16)15-5-9-17(10-6-15)20(22)23;/h3-10H,11-12H2,1-2H3,(H3,22,23)(H,24,27);1H. The Hall–Kier alpha value is -3.32. The van der Waals surface area contributed by atoms with E-state index in [1.165, 1.54) is 7.11 Å². The van der Waals surface area contributed by atoms with E-state index in [1.807, 2.05) is 55.5 Å². The third-order valence-corrected chi connectivity index (χ3v) is 4.71. The van der Waals surface area contributed by atoms with Crippen LogP contribution in [0.4, 0.5) is 0 Å². The largest absolute Gasteiger partial charge is 0.469 e. The molecule has 0 aliphatic rings. The number of halogens is 1. The number of rotatable bonds is 6. The molecule has 7 nitrogen and oxygen atoms in total. The van der Waals surface area contributed by atoms with Gasteiger partial charge in [-0.15, -0.1) is 12.4 Å². The number of hydrogen-bond acceptors (Lipinski definition) is 4. The molecular weight excluding hydrogens is 392 g/mol. The fraction of sp³-hybridized carbons (Fsp3) is 0.190. The summed E-state index contributed by atoms with van der Waals surface area (Å²) in [7, 11) is 1.33. The Balaban J connectivity index is 0.00000300. The lowest BCUT2D eigenvalue weighted by Gasteiger charge is -2.07. The Morgan fingerprint density at radius 2 is 1.59 bits per heavy atom. The molecule has 0 radical (unpaired) electrons. The summed E-state index contributed by atoms with van der Waals surface area (Å²) in [5, 5.41) is 7.46. The maximum Gasteiger partial charge on any atom is 0.326 e. The molecule has 0 fully saturated rings. The van der Waals surface area contributed by atoms with Crippen LogP contribution in [0, 0.1) is 12.3 Å². The van der Waals surface area contributed by atoms with Crippen molar-refractivity contribution in [2.75, 3.05) is 7.11 Å². The Morgan fingerprint density at radius 3 is 2.10 bits per heavy atom. The van der Waals surface area contributed by atoms with E-state index in [9.17, 15) is 9.59 Å². The molecular formula is C21H23ClN4O3. The zero-order valence-electron chi connectivity index (χ0n) is 16.2. The number of methoxy groups -OCH3 is 1. The number of carbonyl (C=O) groups excluding carboxylic acids is 1. The van der Waals surface area contributed by atoms with Gasteiger partial charge in [0.15, 0.2) is 0 Å². The summed E-state index contributed by atoms with van der Waals surface area (Å²) in [4.78, 5) is 26.5. The Morgan fingerprint density at radius 1 is 1.07 bits per heavy atom. The fourth-order valence-electron chi connectivity index (χ4n) is 3.08. The van der Waals surface area contributed by atoms with E-state index >= 15 is 0 Å². The van der Waals surface area contributed by atoms with E-state index in [0.29, 0.717) is 5.56 Å². The maximum absolute atomic E-state index is 12.2. The molecule has 1 aromatic heterocycles. The van der Waals surface area contributed by atoms with Crippen molar-refractivity contribution in [3.8, 4) is 22.4 Å². The second kappa shape index (κ2) is 9.25. The van der Waals surface area contributed by atoms with Crippen molar-refractivity contribution in [1.29, 1.82) is 5.41 Å². The molecule has 152 valence electrons. The van der Waals surface area contributed by atoms with Crippen LogP contribution >= 0.6 is 12.4 Å². The number of nitrogens with two attached hydrogens (primary N) is 1. The minimum Gasteiger partial charge on any atom is -0.469 e. The summed E-state index contributed by atoms with van der Waals surface area (Å²) in [6, 6.07) is 15.3. The van der Waals surface area contributed by atoms with Gasteiger partial charge in [0.05, 0.1) is 19.2 Å². The van der Waals surface area contributed by atoms with Crippen LogP contribution in [0.2, 0.25) is 0 Å². The van der Waals surface area contributed by atoms with Crippen molar-refractivity contribution < 1.29 is 9.53 Å². The molecule has 0 aliphatic carbocycles. The van der Waals surface area contributed by atoms with Crippen LogP contribution in [0.1, 0.15) is 17.7 Å². The minimum absolute atomic E-state index is 0. The zero-order valence-corrected chi connectivity index (χ0v) is 17.0. The highest BCUT2D eigenvalue weighted by atomic mass is 35.5. The average Bonchev–Trinajstić information content (AvgIpc) is 3.00. The number of imidazole rings is 1. The van der Waals surface area contributed by atoms with Crippen LogP contribution in [-0.4, -0.2) is 28.5 Å². The van der Waals surface area contributed by atoms with Crippen LogP contribution in [0.25, 0.3) is 22.4 Å². The molecule has 1 heterocycles. The van der Waals surface area contributed by atoms with E-state index in [-0.39, 0.29) is 42.9 Å². The number of nitrogen functional groups attached to an aromatic ring is 1. The van der Waals surface area contributed by atoms with E-state index in [2.05, 4.69) is 9.72 Å². The van der Waals surface area contributed by atoms with Gasteiger partial charge >= 0.3 is 11.7 Å². The molecule has 3 aromatic rings. The van der Waals surface area contributed by atoms with Crippen molar-refractivity contribution in [3.05, 3.63) is 70.3 Å². The second-order valence-electron chi connectivity index (χ2n) is 6.44. The van der Waals surface area contributed by atoms with Crippen molar-refractivity contribution in [2.24, 2.45) is 5.73 Å². The first-order valence-electron chi connectivity index (χ1n) is 8.82. The van der Waals surface area contributed by atoms with Crippen LogP contribution < -0.4 is 11.4 Å². The van der Waals surface area contributed by atoms with Crippen LogP contribution in [0.5, 0.6) is 0 Å². The Labute approximate surface area is 174 Å². The number of carbonyl (C=O) groups is 1. The van der Waals surface area contributed by atoms with Crippen LogP contribution in [0.3, 0.4) is 0 Å². The van der Waals surface area contributed by atoms with E-state index < -0.39 is 0 Å². The Bertz CT molecular complexity index is 1070. The first-order chi connectivity index (χ1) is 13.4. The monoisotopic (exact) mass is 414 g/mol. The average molecular weight is 415 g/mol. The number of aromatic amines is 1. The number of nitrogens with one attached hydrogen (secondary N) is 2. The molecule has 29 heavy (non-hydrogen) atoms. The molecule has 0 atom stereocenters. The normalized spacial score (nSPS) is 10.3. The van der Waals surface area contributed by atoms with Gasteiger partial charge in [0, 0.05) is 17.8 Å². The molecule has 8 heteroatoms. The number of benzene rings is 2. The van der Waals surface area contributed by atoms with E-state index in [4.69, 9.17) is 11.1 Å². The van der Waals surface area contributed by atoms with Gasteiger partial charge in [-0.05, 0) is 23.6 Å². The Kier molecular flexibility index (Phi) is 7.01. The summed E-state index contributed by atoms with van der Waals surface area (Å²) in [5.41, 5.74) is 10.3. The van der Waals surface area contributed by atoms with Gasteiger partial charge < -0.3 is 15.5 Å². The SMILES string of the molecule is COC(=O)CCn1c(C)c(-c2ccc(-c3ccc(C(=N)N)cc3)cc2)[nH]c1=O.Cl. The van der Waals surface area contributed by atoms with Gasteiger partial charge in [0.25, 0.3) is 0 Å². The minimum atomic E-state index is -0.353. The smallest absolute Gasteiger partial charge is 0.326 e. The third kappa shape index (κ3) is 4.75. The highest BCUT2D eigenvalue weighted by molar-refractivity contribution is 5.95.